The maximum absolute atomic E-state index is 13.8. The van der Waals surface area contributed by atoms with Gasteiger partial charge < -0.3 is 4.74 Å². The molecule has 1 unspecified atom stereocenters. The summed E-state index contributed by atoms with van der Waals surface area (Å²) in [4.78, 5) is 12.1. The first-order chi connectivity index (χ1) is 17.0. The van der Waals surface area contributed by atoms with E-state index >= 15 is 0 Å². The van der Waals surface area contributed by atoms with Crippen LogP contribution in [0.1, 0.15) is 47.9 Å². The second-order valence-electron chi connectivity index (χ2n) is 8.03. The number of thiophene rings is 1. The number of ether oxygens (including phenoxy) is 1. The van der Waals surface area contributed by atoms with Crippen molar-refractivity contribution in [2.24, 2.45) is 0 Å². The van der Waals surface area contributed by atoms with Crippen molar-refractivity contribution >= 4 is 38.9 Å². The molecule has 0 saturated carbocycles. The SMILES string of the molecule is COC(=O)CCCc1ccc(C(CCCC(F)(F)C(F)(F)C(F)(F)F)NS(=O)(=O)c2ccc(Cl)cc2)s1. The van der Waals surface area contributed by atoms with E-state index in [1.807, 2.05) is 0 Å². The Kier molecular flexibility index (Phi) is 10.4. The minimum atomic E-state index is -6.45. The van der Waals surface area contributed by atoms with Crippen LogP contribution in [-0.2, 0) is 26.0 Å². The van der Waals surface area contributed by atoms with Crippen molar-refractivity contribution in [3.63, 3.8) is 0 Å². The fraction of sp³-hybridized carbons (Fsp3) is 0.500. The largest absolute Gasteiger partial charge is 0.469 e. The van der Waals surface area contributed by atoms with Crippen LogP contribution < -0.4 is 4.72 Å². The molecule has 1 atom stereocenters. The summed E-state index contributed by atoms with van der Waals surface area (Å²) < 4.78 is 124. The third kappa shape index (κ3) is 8.29. The second-order valence-corrected chi connectivity index (χ2v) is 11.4. The number of halogens is 8. The molecule has 0 aliphatic carbocycles. The van der Waals surface area contributed by atoms with E-state index in [1.165, 1.54) is 37.4 Å². The van der Waals surface area contributed by atoms with Gasteiger partial charge in [-0.3, -0.25) is 4.79 Å². The number of rotatable bonds is 13. The number of alkyl halides is 7. The fourth-order valence-electron chi connectivity index (χ4n) is 3.25. The lowest BCUT2D eigenvalue weighted by molar-refractivity contribution is -0.355. The number of methoxy groups -OCH3 is 1. The highest BCUT2D eigenvalue weighted by Crippen LogP contribution is 2.49. The Balaban J connectivity index is 2.22. The minimum absolute atomic E-state index is 0.124. The Morgan fingerprint density at radius 1 is 1.03 bits per heavy atom. The van der Waals surface area contributed by atoms with E-state index in [2.05, 4.69) is 9.46 Å². The number of aryl methyl sites for hydroxylation is 1. The van der Waals surface area contributed by atoms with Crippen LogP contribution in [-0.4, -0.2) is 39.5 Å². The van der Waals surface area contributed by atoms with Crippen LogP contribution >= 0.6 is 22.9 Å². The van der Waals surface area contributed by atoms with Gasteiger partial charge in [-0.1, -0.05) is 11.6 Å². The summed E-state index contributed by atoms with van der Waals surface area (Å²) in [6.45, 7) is 0. The van der Waals surface area contributed by atoms with Gasteiger partial charge in [0.1, 0.15) is 0 Å². The van der Waals surface area contributed by atoms with E-state index in [0.717, 1.165) is 11.3 Å². The molecule has 0 aliphatic heterocycles. The first-order valence-electron chi connectivity index (χ1n) is 10.8. The topological polar surface area (TPSA) is 72.5 Å². The number of nitrogens with one attached hydrogen (secondary N) is 1. The summed E-state index contributed by atoms with van der Waals surface area (Å²) in [5.41, 5.74) is 0. The van der Waals surface area contributed by atoms with Crippen LogP contribution in [0.4, 0.5) is 30.7 Å². The van der Waals surface area contributed by atoms with Crippen molar-refractivity contribution < 1.29 is 48.7 Å². The third-order valence-electron chi connectivity index (χ3n) is 5.28. The van der Waals surface area contributed by atoms with Gasteiger partial charge in [-0.15, -0.1) is 11.3 Å². The van der Waals surface area contributed by atoms with Crippen LogP contribution in [0.2, 0.25) is 5.02 Å². The number of hydrogen-bond acceptors (Lipinski definition) is 5. The Labute approximate surface area is 218 Å². The zero-order chi connectivity index (χ0) is 28.1. The number of sulfonamides is 1. The van der Waals surface area contributed by atoms with Crippen molar-refractivity contribution in [2.45, 2.75) is 67.5 Å². The zero-order valence-electron chi connectivity index (χ0n) is 19.3. The predicted octanol–water partition coefficient (Wildman–Crippen LogP) is 6.92. The highest BCUT2D eigenvalue weighted by Gasteiger charge is 2.72. The van der Waals surface area contributed by atoms with Crippen LogP contribution in [0.25, 0.3) is 0 Å². The molecule has 208 valence electrons. The van der Waals surface area contributed by atoms with Crippen LogP contribution in [0.15, 0.2) is 41.3 Å². The van der Waals surface area contributed by atoms with Gasteiger partial charge in [0.15, 0.2) is 0 Å². The Bertz CT molecular complexity index is 1150. The highest BCUT2D eigenvalue weighted by atomic mass is 35.5. The summed E-state index contributed by atoms with van der Waals surface area (Å²) in [5, 5.41) is 0.248. The standard InChI is InChI=1S/C22H23ClF7NO4S2/c1-35-19(32)6-2-4-15-9-12-18(36-15)17(31-37(33,34)16-10-7-14(23)8-11-16)5-3-13-20(24,25)21(26,27)22(28,29)30/h7-12,17,31H,2-6,13H2,1H3. The molecule has 5 nitrogen and oxygen atoms in total. The predicted molar refractivity (Wildman–Crippen MR) is 124 cm³/mol. The lowest BCUT2D eigenvalue weighted by Crippen LogP contribution is -2.51. The van der Waals surface area contributed by atoms with Gasteiger partial charge in [0.25, 0.3) is 0 Å². The first-order valence-corrected chi connectivity index (χ1v) is 13.4. The minimum Gasteiger partial charge on any atom is -0.469 e. The summed E-state index contributed by atoms with van der Waals surface area (Å²) in [6, 6.07) is 6.89. The van der Waals surface area contributed by atoms with E-state index in [9.17, 15) is 43.9 Å². The number of esters is 1. The smallest absolute Gasteiger partial charge is 0.459 e. The van der Waals surface area contributed by atoms with Crippen LogP contribution in [0.3, 0.4) is 0 Å². The molecule has 1 heterocycles. The molecular weight excluding hydrogens is 575 g/mol. The molecule has 1 N–H and O–H groups in total. The van der Waals surface area contributed by atoms with Gasteiger partial charge in [-0.2, -0.15) is 30.7 Å². The molecule has 15 heteroatoms. The van der Waals surface area contributed by atoms with Gasteiger partial charge in [0.2, 0.25) is 10.0 Å². The monoisotopic (exact) mass is 597 g/mol. The van der Waals surface area contributed by atoms with Crippen molar-refractivity contribution in [3.8, 4) is 0 Å². The number of hydrogen-bond donors (Lipinski definition) is 1. The lowest BCUT2D eigenvalue weighted by Gasteiger charge is -2.28. The van der Waals surface area contributed by atoms with Gasteiger partial charge >= 0.3 is 24.0 Å². The van der Waals surface area contributed by atoms with Gasteiger partial charge in [-0.25, -0.2) is 13.1 Å². The maximum atomic E-state index is 13.8. The van der Waals surface area contributed by atoms with Crippen LogP contribution in [0, 0.1) is 0 Å². The lowest BCUT2D eigenvalue weighted by atomic mass is 10.0. The molecular formula is C22H23ClF7NO4S2. The molecule has 0 fully saturated rings. The van der Waals surface area contributed by atoms with Gasteiger partial charge in [0.05, 0.1) is 18.0 Å². The van der Waals surface area contributed by atoms with E-state index in [1.54, 1.807) is 6.07 Å². The Morgan fingerprint density at radius 3 is 2.22 bits per heavy atom. The Hall–Kier alpha value is -1.90. The number of carbonyl (C=O) groups is 1. The molecule has 0 aliphatic rings. The molecule has 37 heavy (non-hydrogen) atoms. The van der Waals surface area contributed by atoms with E-state index in [4.69, 9.17) is 11.6 Å². The summed E-state index contributed by atoms with van der Waals surface area (Å²) in [6.07, 6.45) is -8.66. The van der Waals surface area contributed by atoms with Gasteiger partial charge in [0, 0.05) is 27.6 Å². The van der Waals surface area contributed by atoms with Crippen molar-refractivity contribution in [1.29, 1.82) is 0 Å². The molecule has 2 aromatic rings. The van der Waals surface area contributed by atoms with Crippen molar-refractivity contribution in [3.05, 3.63) is 51.2 Å². The molecule has 0 amide bonds. The fourth-order valence-corrected chi connectivity index (χ4v) is 5.84. The summed E-state index contributed by atoms with van der Waals surface area (Å²) in [7, 11) is -3.01. The molecule has 0 saturated heterocycles. The number of carbonyl (C=O) groups excluding carboxylic acids is 1. The highest BCUT2D eigenvalue weighted by molar-refractivity contribution is 7.89. The summed E-state index contributed by atoms with van der Waals surface area (Å²) >= 11 is 6.85. The van der Waals surface area contributed by atoms with Crippen molar-refractivity contribution in [2.75, 3.05) is 7.11 Å². The normalized spacial score (nSPS) is 14.0. The molecule has 1 aromatic heterocycles. The molecule has 0 spiro atoms. The third-order valence-corrected chi connectivity index (χ3v) is 8.28. The van der Waals surface area contributed by atoms with Gasteiger partial charge in [-0.05, 0) is 62.1 Å². The molecule has 2 rings (SSSR count). The van der Waals surface area contributed by atoms with E-state index < -0.39 is 59.3 Å². The van der Waals surface area contributed by atoms with E-state index in [-0.39, 0.29) is 16.3 Å². The second kappa shape index (κ2) is 12.3. The first kappa shape index (κ1) is 31.3. The molecule has 0 radical (unpaired) electrons. The Morgan fingerprint density at radius 2 is 1.65 bits per heavy atom. The number of benzene rings is 1. The van der Waals surface area contributed by atoms with Crippen LogP contribution in [0.5, 0.6) is 0 Å². The zero-order valence-corrected chi connectivity index (χ0v) is 21.6. The molecule has 0 bridgehead atoms. The summed E-state index contributed by atoms with van der Waals surface area (Å²) in [5.74, 6) is -12.1. The maximum Gasteiger partial charge on any atom is 0.459 e. The molecule has 1 aromatic carbocycles. The van der Waals surface area contributed by atoms with Crippen molar-refractivity contribution in [1.82, 2.24) is 4.72 Å². The van der Waals surface area contributed by atoms with E-state index in [0.29, 0.717) is 22.6 Å². The quantitative estimate of drug-likeness (QED) is 0.201. The average molecular weight is 598 g/mol. The average Bonchev–Trinajstić information content (AvgIpc) is 3.26.